The molecule has 1 fully saturated rings. The van der Waals surface area contributed by atoms with Crippen LogP contribution in [0.25, 0.3) is 0 Å². The summed E-state index contributed by atoms with van der Waals surface area (Å²) in [5.74, 6) is 4.33. The van der Waals surface area contributed by atoms with Crippen molar-refractivity contribution in [3.63, 3.8) is 0 Å². The molecule has 1 atom stereocenters. The third kappa shape index (κ3) is 8.71. The highest BCUT2D eigenvalue weighted by Crippen LogP contribution is 2.27. The first-order valence-electron chi connectivity index (χ1n) is 10.5. The van der Waals surface area contributed by atoms with Crippen molar-refractivity contribution < 1.29 is 13.6 Å². The van der Waals surface area contributed by atoms with Crippen molar-refractivity contribution >= 4 is 5.91 Å². The Hall–Kier alpha value is -2.78. The molecule has 30 heavy (non-hydrogen) atoms. The van der Waals surface area contributed by atoms with Crippen molar-refractivity contribution in [2.45, 2.75) is 45.6 Å². The lowest BCUT2D eigenvalue weighted by Gasteiger charge is -2.19. The van der Waals surface area contributed by atoms with Gasteiger partial charge in [-0.25, -0.2) is 0 Å². The second-order valence-corrected chi connectivity index (χ2v) is 6.92. The molecule has 4 nitrogen and oxygen atoms in total. The summed E-state index contributed by atoms with van der Waals surface area (Å²) in [6.45, 7) is 5.29. The summed E-state index contributed by atoms with van der Waals surface area (Å²) in [7, 11) is 0. The fourth-order valence-electron chi connectivity index (χ4n) is 2.84. The van der Waals surface area contributed by atoms with Crippen molar-refractivity contribution in [3.05, 3.63) is 65.5 Å². The molecule has 1 aliphatic rings. The average Bonchev–Trinajstić information content (AvgIpc) is 3.56. The highest BCUT2D eigenvalue weighted by molar-refractivity contribution is 5.94. The van der Waals surface area contributed by atoms with Gasteiger partial charge in [0.1, 0.15) is 0 Å². The normalized spacial score (nSPS) is 13.3. The van der Waals surface area contributed by atoms with Crippen molar-refractivity contribution in [2.75, 3.05) is 13.1 Å². The Kier molecular flexibility index (Phi) is 9.96. The minimum Gasteiger partial charge on any atom is -0.349 e. The lowest BCUT2D eigenvalue weighted by atomic mass is 10.0. The van der Waals surface area contributed by atoms with Gasteiger partial charge < -0.3 is 10.6 Å². The van der Waals surface area contributed by atoms with Gasteiger partial charge in [0.05, 0.1) is 6.54 Å². The maximum atomic E-state index is 13.3. The van der Waals surface area contributed by atoms with Gasteiger partial charge in [-0.2, -0.15) is 13.8 Å². The van der Waals surface area contributed by atoms with Gasteiger partial charge in [0.2, 0.25) is 11.9 Å². The maximum Gasteiger partial charge on any atom is 0.251 e. The van der Waals surface area contributed by atoms with Crippen LogP contribution in [0.4, 0.5) is 8.78 Å². The van der Waals surface area contributed by atoms with Crippen LogP contribution in [0.3, 0.4) is 0 Å². The highest BCUT2D eigenvalue weighted by Gasteiger charge is 2.18. The molecule has 2 aromatic rings. The number of carbonyl (C=O) groups excluding carboxylic acids is 1. The fourth-order valence-corrected chi connectivity index (χ4v) is 2.84. The number of amides is 1. The van der Waals surface area contributed by atoms with Crippen LogP contribution in [0.15, 0.2) is 42.5 Å². The summed E-state index contributed by atoms with van der Waals surface area (Å²) in [4.78, 5) is 15.5. The first kappa shape index (κ1) is 23.5. The fraction of sp³-hybridized carbons (Fsp3) is 0.417. The molecule has 0 radical (unpaired) electrons. The summed E-state index contributed by atoms with van der Waals surface area (Å²) < 4.78 is 26.6. The van der Waals surface area contributed by atoms with Gasteiger partial charge in [-0.15, -0.1) is 0 Å². The number of hydrogen-bond acceptors (Lipinski definition) is 3. The quantitative estimate of drug-likeness (QED) is 0.389. The van der Waals surface area contributed by atoms with Crippen molar-refractivity contribution in [1.29, 1.82) is 0 Å². The number of nitrogens with zero attached hydrogens (tertiary/aromatic N) is 1. The molecule has 2 N–H and O–H groups in total. The Labute approximate surface area is 177 Å². The SMILES string of the molecule is CC.O=C(N[C@H](CCNCC#CC1CC1)Cc1ccccc1)c1cc(F)nc(F)c1. The van der Waals surface area contributed by atoms with E-state index in [0.717, 1.165) is 17.7 Å². The van der Waals surface area contributed by atoms with E-state index in [2.05, 4.69) is 27.5 Å². The second-order valence-electron chi connectivity index (χ2n) is 6.92. The molecule has 160 valence electrons. The number of carbonyl (C=O) groups is 1. The standard InChI is InChI=1S/C22H23F2N3O.C2H6/c23-20-14-18(15-21(24)27-20)22(28)26-19(13-17-5-2-1-3-6-17)10-12-25-11-4-7-16-8-9-16;1-2/h1-3,5-6,14-16,19,25H,8-13H2,(H,26,28);1-2H3/t19-;/m1./s1. The molecule has 0 spiro atoms. The molecule has 0 saturated heterocycles. The summed E-state index contributed by atoms with van der Waals surface area (Å²) in [5.41, 5.74) is 1.000. The topological polar surface area (TPSA) is 54.0 Å². The van der Waals surface area contributed by atoms with Gasteiger partial charge in [-0.1, -0.05) is 56.0 Å². The highest BCUT2D eigenvalue weighted by atomic mass is 19.1. The molecule has 0 bridgehead atoms. The van der Waals surface area contributed by atoms with E-state index in [1.54, 1.807) is 0 Å². The summed E-state index contributed by atoms with van der Waals surface area (Å²) in [6.07, 6.45) is 3.70. The van der Waals surface area contributed by atoms with Crippen LogP contribution < -0.4 is 10.6 Å². The average molecular weight is 414 g/mol. The smallest absolute Gasteiger partial charge is 0.251 e. The largest absolute Gasteiger partial charge is 0.349 e. The number of aromatic nitrogens is 1. The first-order valence-corrected chi connectivity index (χ1v) is 10.5. The zero-order valence-electron chi connectivity index (χ0n) is 17.6. The van der Waals surface area contributed by atoms with Crippen LogP contribution in [0, 0.1) is 29.7 Å². The Morgan fingerprint density at radius 2 is 1.83 bits per heavy atom. The molecule has 1 aromatic carbocycles. The lowest BCUT2D eigenvalue weighted by Crippen LogP contribution is -2.38. The number of hydrogen-bond donors (Lipinski definition) is 2. The monoisotopic (exact) mass is 413 g/mol. The molecular weight excluding hydrogens is 384 g/mol. The third-order valence-electron chi connectivity index (χ3n) is 4.45. The van der Waals surface area contributed by atoms with Gasteiger partial charge in [0, 0.05) is 29.7 Å². The number of nitrogens with one attached hydrogen (secondary N) is 2. The minimum atomic E-state index is -1.01. The Bertz CT molecular complexity index is 837. The molecule has 1 heterocycles. The number of benzene rings is 1. The van der Waals surface area contributed by atoms with Crippen LogP contribution in [-0.2, 0) is 6.42 Å². The van der Waals surface area contributed by atoms with Gasteiger partial charge in [-0.05, 0) is 37.8 Å². The zero-order valence-corrected chi connectivity index (χ0v) is 17.6. The van der Waals surface area contributed by atoms with E-state index in [9.17, 15) is 13.6 Å². The molecule has 1 aliphatic carbocycles. The van der Waals surface area contributed by atoms with Gasteiger partial charge in [0.25, 0.3) is 5.91 Å². The lowest BCUT2D eigenvalue weighted by molar-refractivity contribution is 0.0933. The summed E-state index contributed by atoms with van der Waals surface area (Å²) in [6, 6.07) is 11.5. The van der Waals surface area contributed by atoms with Crippen molar-refractivity contribution in [2.24, 2.45) is 5.92 Å². The summed E-state index contributed by atoms with van der Waals surface area (Å²) >= 11 is 0. The second kappa shape index (κ2) is 12.7. The van der Waals surface area contributed by atoms with Crippen LogP contribution in [0.1, 0.15) is 49.0 Å². The van der Waals surface area contributed by atoms with Gasteiger partial charge >= 0.3 is 0 Å². The van der Waals surface area contributed by atoms with E-state index in [0.29, 0.717) is 31.8 Å². The maximum absolute atomic E-state index is 13.3. The van der Waals surface area contributed by atoms with E-state index in [-0.39, 0.29) is 11.6 Å². The molecular formula is C24H29F2N3O. The van der Waals surface area contributed by atoms with E-state index >= 15 is 0 Å². The number of pyridine rings is 1. The zero-order chi connectivity index (χ0) is 21.8. The van der Waals surface area contributed by atoms with Crippen LogP contribution in [0.5, 0.6) is 0 Å². The van der Waals surface area contributed by atoms with Gasteiger partial charge in [0.15, 0.2) is 0 Å². The van der Waals surface area contributed by atoms with Crippen LogP contribution in [-0.4, -0.2) is 30.0 Å². The first-order chi connectivity index (χ1) is 14.6. The van der Waals surface area contributed by atoms with Crippen molar-refractivity contribution in [3.8, 4) is 11.8 Å². The predicted octanol–water partition coefficient (Wildman–Crippen LogP) is 4.12. The molecule has 1 aromatic heterocycles. The predicted molar refractivity (Wildman–Crippen MR) is 115 cm³/mol. The Morgan fingerprint density at radius 3 is 2.47 bits per heavy atom. The van der Waals surface area contributed by atoms with Crippen LogP contribution in [0.2, 0.25) is 0 Å². The number of rotatable bonds is 8. The third-order valence-corrected chi connectivity index (χ3v) is 4.45. The van der Waals surface area contributed by atoms with Crippen LogP contribution >= 0.6 is 0 Å². The minimum absolute atomic E-state index is 0.0775. The molecule has 0 unspecified atom stereocenters. The van der Waals surface area contributed by atoms with E-state index in [1.807, 2.05) is 44.2 Å². The van der Waals surface area contributed by atoms with Crippen molar-refractivity contribution in [1.82, 2.24) is 15.6 Å². The summed E-state index contributed by atoms with van der Waals surface area (Å²) in [5, 5.41) is 6.14. The molecule has 0 aliphatic heterocycles. The van der Waals surface area contributed by atoms with E-state index in [1.165, 1.54) is 12.8 Å². The Morgan fingerprint density at radius 1 is 1.17 bits per heavy atom. The number of halogens is 2. The van der Waals surface area contributed by atoms with Gasteiger partial charge in [-0.3, -0.25) is 4.79 Å². The molecule has 6 heteroatoms. The molecule has 3 rings (SSSR count). The van der Waals surface area contributed by atoms with E-state index < -0.39 is 17.8 Å². The Balaban J connectivity index is 0.00000155. The molecule has 1 amide bonds. The molecule has 1 saturated carbocycles. The van der Waals surface area contributed by atoms with E-state index in [4.69, 9.17) is 0 Å².